The largest absolute Gasteiger partial charge is 0.489 e. The zero-order valence-electron chi connectivity index (χ0n) is 18.3. The number of allylic oxidation sites excluding steroid dienone is 2. The van der Waals surface area contributed by atoms with Crippen molar-refractivity contribution in [2.45, 2.75) is 18.9 Å². The maximum Gasteiger partial charge on any atom is 0.246 e. The van der Waals surface area contributed by atoms with E-state index in [9.17, 15) is 4.79 Å². The van der Waals surface area contributed by atoms with Crippen LogP contribution in [0.3, 0.4) is 0 Å². The summed E-state index contributed by atoms with van der Waals surface area (Å²) >= 11 is 5.84. The number of carbonyl (C=O) groups is 1. The van der Waals surface area contributed by atoms with Crippen molar-refractivity contribution >= 4 is 23.0 Å². The lowest BCUT2D eigenvalue weighted by Gasteiger charge is -2.22. The van der Waals surface area contributed by atoms with E-state index in [-0.39, 0.29) is 11.9 Å². The van der Waals surface area contributed by atoms with Gasteiger partial charge in [0.05, 0.1) is 23.4 Å². The molecule has 3 aromatic rings. The van der Waals surface area contributed by atoms with Gasteiger partial charge < -0.3 is 9.64 Å². The van der Waals surface area contributed by atoms with E-state index < -0.39 is 0 Å². The molecule has 1 aliphatic heterocycles. The summed E-state index contributed by atoms with van der Waals surface area (Å²) in [5.41, 5.74) is 3.47. The summed E-state index contributed by atoms with van der Waals surface area (Å²) in [6.45, 7) is 12.1. The summed E-state index contributed by atoms with van der Waals surface area (Å²) in [6.07, 6.45) is 12.0. The van der Waals surface area contributed by atoms with Gasteiger partial charge in [0.15, 0.2) is 0 Å². The third-order valence-electron chi connectivity index (χ3n) is 5.62. The van der Waals surface area contributed by atoms with Gasteiger partial charge in [-0.3, -0.25) is 14.2 Å². The number of fused-ring (bicyclic) bond motifs is 1. The van der Waals surface area contributed by atoms with Crippen molar-refractivity contribution in [3.05, 3.63) is 97.3 Å². The molecular formula is C26H25ClN4O2. The van der Waals surface area contributed by atoms with Gasteiger partial charge in [0.2, 0.25) is 5.91 Å². The summed E-state index contributed by atoms with van der Waals surface area (Å²) in [7, 11) is 0. The fourth-order valence-corrected chi connectivity index (χ4v) is 4.20. The first-order valence-corrected chi connectivity index (χ1v) is 11.0. The summed E-state index contributed by atoms with van der Waals surface area (Å²) in [6, 6.07) is 7.63. The number of halogens is 1. The second-order valence-corrected chi connectivity index (χ2v) is 8.21. The van der Waals surface area contributed by atoms with Gasteiger partial charge in [-0.15, -0.1) is 0 Å². The highest BCUT2D eigenvalue weighted by molar-refractivity contribution is 6.30. The van der Waals surface area contributed by atoms with Crippen LogP contribution in [0.1, 0.15) is 24.7 Å². The molecule has 1 fully saturated rings. The number of hydrogen-bond acceptors (Lipinski definition) is 4. The molecule has 1 aromatic carbocycles. The van der Waals surface area contributed by atoms with Crippen molar-refractivity contribution in [2.24, 2.45) is 0 Å². The Labute approximate surface area is 198 Å². The van der Waals surface area contributed by atoms with Crippen LogP contribution in [0.4, 0.5) is 0 Å². The topological polar surface area (TPSA) is 59.7 Å². The number of amides is 1. The molecule has 0 radical (unpaired) electrons. The second-order valence-electron chi connectivity index (χ2n) is 7.73. The first kappa shape index (κ1) is 22.6. The van der Waals surface area contributed by atoms with Gasteiger partial charge in [-0.25, -0.2) is 4.98 Å². The molecule has 1 atom stereocenters. The molecule has 2 aromatic heterocycles. The van der Waals surface area contributed by atoms with Gasteiger partial charge in [-0.1, -0.05) is 37.4 Å². The van der Waals surface area contributed by atoms with Crippen molar-refractivity contribution in [2.75, 3.05) is 13.2 Å². The van der Waals surface area contributed by atoms with E-state index in [4.69, 9.17) is 21.3 Å². The normalized spacial score (nSPS) is 16.1. The summed E-state index contributed by atoms with van der Waals surface area (Å²) in [5.74, 6) is 1.47. The van der Waals surface area contributed by atoms with Crippen LogP contribution in [-0.4, -0.2) is 38.3 Å². The van der Waals surface area contributed by atoms with E-state index in [0.29, 0.717) is 23.9 Å². The molecule has 1 unspecified atom stereocenters. The van der Waals surface area contributed by atoms with E-state index in [2.05, 4.69) is 24.7 Å². The molecule has 1 saturated heterocycles. The fraction of sp³-hybridized carbons (Fsp3) is 0.192. The number of imidazole rings is 1. The van der Waals surface area contributed by atoms with Crippen LogP contribution < -0.4 is 4.74 Å². The molecule has 0 spiro atoms. The number of aromatic nitrogens is 3. The summed E-state index contributed by atoms with van der Waals surface area (Å²) < 4.78 is 7.87. The Balaban J connectivity index is 1.63. The van der Waals surface area contributed by atoms with Crippen molar-refractivity contribution in [3.8, 4) is 17.0 Å². The molecule has 0 N–H and O–H groups in total. The molecule has 6 nitrogen and oxygen atoms in total. The minimum atomic E-state index is -0.0949. The van der Waals surface area contributed by atoms with Gasteiger partial charge in [0.1, 0.15) is 18.2 Å². The van der Waals surface area contributed by atoms with E-state index >= 15 is 0 Å². The van der Waals surface area contributed by atoms with E-state index in [1.165, 1.54) is 6.08 Å². The van der Waals surface area contributed by atoms with Gasteiger partial charge in [0, 0.05) is 29.5 Å². The number of nitrogens with zero attached hydrogens (tertiary/aromatic N) is 4. The predicted octanol–water partition coefficient (Wildman–Crippen LogP) is 5.49. The Morgan fingerprint density at radius 3 is 2.73 bits per heavy atom. The predicted molar refractivity (Wildman–Crippen MR) is 131 cm³/mol. The third-order valence-corrected chi connectivity index (χ3v) is 5.73. The Morgan fingerprint density at radius 1 is 1.24 bits per heavy atom. The van der Waals surface area contributed by atoms with Crippen LogP contribution in [-0.2, 0) is 4.79 Å². The minimum absolute atomic E-state index is 0.0722. The number of hydrogen-bond donors (Lipinski definition) is 0. The van der Waals surface area contributed by atoms with Crippen LogP contribution in [0, 0.1) is 0 Å². The fourth-order valence-electron chi connectivity index (χ4n) is 4.06. The first-order valence-electron chi connectivity index (χ1n) is 10.7. The minimum Gasteiger partial charge on any atom is -0.489 e. The van der Waals surface area contributed by atoms with Crippen LogP contribution >= 0.6 is 11.6 Å². The molecule has 7 heteroatoms. The molecule has 3 heterocycles. The molecule has 1 amide bonds. The number of ether oxygens (including phenoxy) is 1. The Morgan fingerprint density at radius 2 is 2.03 bits per heavy atom. The average Bonchev–Trinajstić information content (AvgIpc) is 3.46. The lowest BCUT2D eigenvalue weighted by atomic mass is 10.1. The summed E-state index contributed by atoms with van der Waals surface area (Å²) in [5, 5.41) is 0.426. The van der Waals surface area contributed by atoms with Gasteiger partial charge in [-0.2, -0.15) is 0 Å². The number of rotatable bonds is 8. The zero-order chi connectivity index (χ0) is 23.4. The molecule has 168 valence electrons. The number of benzene rings is 1. The van der Waals surface area contributed by atoms with E-state index in [1.54, 1.807) is 24.5 Å². The van der Waals surface area contributed by atoms with Gasteiger partial charge >= 0.3 is 0 Å². The molecule has 4 rings (SSSR count). The third kappa shape index (κ3) is 4.76. The van der Waals surface area contributed by atoms with E-state index in [0.717, 1.165) is 41.0 Å². The molecule has 33 heavy (non-hydrogen) atoms. The Kier molecular flexibility index (Phi) is 6.75. The monoisotopic (exact) mass is 460 g/mol. The Hall–Kier alpha value is -3.64. The Bertz CT molecular complexity index is 1240. The lowest BCUT2D eigenvalue weighted by molar-refractivity contribution is -0.127. The summed E-state index contributed by atoms with van der Waals surface area (Å²) in [4.78, 5) is 23.5. The lowest BCUT2D eigenvalue weighted by Crippen LogP contribution is -2.29. The maximum absolute atomic E-state index is 12.4. The van der Waals surface area contributed by atoms with Crippen molar-refractivity contribution < 1.29 is 9.53 Å². The van der Waals surface area contributed by atoms with Crippen molar-refractivity contribution in [3.63, 3.8) is 0 Å². The van der Waals surface area contributed by atoms with Crippen molar-refractivity contribution in [1.29, 1.82) is 0 Å². The standard InChI is InChI=1S/C26H25ClN4O2/c1-4-19(15-18(3)27)17-33-21-10-8-20(9-11-21)25-23-16-28-12-14-31(23)26(29-25)22-7-6-13-30(22)24(32)5-2/h4-5,8-12,14-16,22H,1-3,6-7,13,17H2/b19-15+. The highest BCUT2D eigenvalue weighted by Crippen LogP contribution is 2.35. The molecule has 1 aliphatic rings. The molecular weight excluding hydrogens is 436 g/mol. The second kappa shape index (κ2) is 9.88. The van der Waals surface area contributed by atoms with Crippen LogP contribution in [0.2, 0.25) is 0 Å². The molecule has 0 bridgehead atoms. The van der Waals surface area contributed by atoms with Crippen LogP contribution in [0.25, 0.3) is 16.8 Å². The SMILES string of the molecule is C=CC(=O)N1CCCC1c1nc(-c2ccc(OC/C(C=C)=C/C(=C)Cl)cc2)c2cnccn12. The first-order chi connectivity index (χ1) is 16.0. The van der Waals surface area contributed by atoms with Crippen LogP contribution in [0.5, 0.6) is 5.75 Å². The van der Waals surface area contributed by atoms with Crippen LogP contribution in [0.15, 0.2) is 91.4 Å². The number of carbonyl (C=O) groups excluding carboxylic acids is 1. The van der Waals surface area contributed by atoms with Gasteiger partial charge in [0.25, 0.3) is 0 Å². The van der Waals surface area contributed by atoms with E-state index in [1.807, 2.05) is 39.8 Å². The highest BCUT2D eigenvalue weighted by atomic mass is 35.5. The highest BCUT2D eigenvalue weighted by Gasteiger charge is 2.32. The molecule has 0 aliphatic carbocycles. The number of likely N-dealkylation sites (tertiary alicyclic amines) is 1. The van der Waals surface area contributed by atoms with Gasteiger partial charge in [-0.05, 0) is 54.8 Å². The quantitative estimate of drug-likeness (QED) is 0.329. The maximum atomic E-state index is 12.4. The average molecular weight is 461 g/mol. The smallest absolute Gasteiger partial charge is 0.246 e. The zero-order valence-corrected chi connectivity index (χ0v) is 19.0. The van der Waals surface area contributed by atoms with Crippen molar-refractivity contribution in [1.82, 2.24) is 19.3 Å². The molecule has 0 saturated carbocycles.